The molecule has 1 amide bonds. The van der Waals surface area contributed by atoms with Crippen molar-refractivity contribution >= 4 is 17.7 Å². The van der Waals surface area contributed by atoms with E-state index in [4.69, 9.17) is 9.47 Å². The number of hydrogen-bond acceptors (Lipinski definition) is 6. The van der Waals surface area contributed by atoms with E-state index in [-0.39, 0.29) is 11.2 Å². The third kappa shape index (κ3) is 6.03. The Morgan fingerprint density at radius 1 is 1.03 bits per heavy atom. The molecule has 170 valence electrons. The molecule has 0 aliphatic rings. The van der Waals surface area contributed by atoms with Crippen molar-refractivity contribution in [2.45, 2.75) is 50.2 Å². The molecule has 0 aliphatic heterocycles. The summed E-state index contributed by atoms with van der Waals surface area (Å²) in [6.45, 7) is 5.31. The van der Waals surface area contributed by atoms with Crippen molar-refractivity contribution in [1.82, 2.24) is 20.1 Å². The van der Waals surface area contributed by atoms with Gasteiger partial charge < -0.3 is 19.4 Å². The largest absolute Gasteiger partial charge is 0.497 e. The molecule has 0 saturated carbocycles. The minimum Gasteiger partial charge on any atom is -0.497 e. The van der Waals surface area contributed by atoms with Gasteiger partial charge in [0.15, 0.2) is 11.0 Å². The number of aromatic nitrogens is 3. The molecule has 7 nitrogen and oxygen atoms in total. The zero-order chi connectivity index (χ0) is 22.9. The lowest BCUT2D eigenvalue weighted by molar-refractivity contribution is -0.120. The van der Waals surface area contributed by atoms with Crippen molar-refractivity contribution in [3.63, 3.8) is 0 Å². The fourth-order valence-corrected chi connectivity index (χ4v) is 4.03. The van der Waals surface area contributed by atoms with Crippen molar-refractivity contribution in [1.29, 1.82) is 0 Å². The summed E-state index contributed by atoms with van der Waals surface area (Å²) in [6.07, 6.45) is 2.06. The molecule has 3 rings (SSSR count). The van der Waals surface area contributed by atoms with E-state index in [1.165, 1.54) is 11.8 Å². The molecule has 0 bridgehead atoms. The highest BCUT2D eigenvalue weighted by atomic mass is 32.2. The number of thioether (sulfide) groups is 1. The fourth-order valence-electron chi connectivity index (χ4n) is 3.14. The van der Waals surface area contributed by atoms with Crippen LogP contribution >= 0.6 is 11.8 Å². The Hall–Kier alpha value is -3.00. The second kappa shape index (κ2) is 11.6. The van der Waals surface area contributed by atoms with E-state index in [1.54, 1.807) is 14.2 Å². The van der Waals surface area contributed by atoms with Crippen molar-refractivity contribution in [2.24, 2.45) is 0 Å². The second-order valence-corrected chi connectivity index (χ2v) is 8.67. The molecule has 0 saturated heterocycles. The smallest absolute Gasteiger partial charge is 0.233 e. The maximum Gasteiger partial charge on any atom is 0.233 e. The molecule has 0 spiro atoms. The van der Waals surface area contributed by atoms with Gasteiger partial charge in [-0.05, 0) is 55.3 Å². The first-order chi connectivity index (χ1) is 15.5. The number of rotatable bonds is 11. The van der Waals surface area contributed by atoms with Crippen molar-refractivity contribution < 1.29 is 14.3 Å². The topological polar surface area (TPSA) is 78.3 Å². The lowest BCUT2D eigenvalue weighted by Crippen LogP contribution is -2.30. The molecular weight excluding hydrogens is 424 g/mol. The number of benzene rings is 2. The van der Waals surface area contributed by atoms with Crippen LogP contribution in [0.2, 0.25) is 0 Å². The molecule has 1 N–H and O–H groups in total. The van der Waals surface area contributed by atoms with Crippen molar-refractivity contribution in [3.8, 4) is 22.9 Å². The van der Waals surface area contributed by atoms with Crippen LogP contribution in [-0.2, 0) is 17.9 Å². The quantitative estimate of drug-likeness (QED) is 0.428. The first-order valence-corrected chi connectivity index (χ1v) is 11.6. The van der Waals surface area contributed by atoms with Gasteiger partial charge in [-0.3, -0.25) is 4.79 Å². The number of methoxy groups -OCH3 is 2. The maximum absolute atomic E-state index is 12.7. The second-order valence-electron chi connectivity index (χ2n) is 7.37. The Bertz CT molecular complexity index is 1000. The lowest BCUT2D eigenvalue weighted by atomic mass is 10.2. The summed E-state index contributed by atoms with van der Waals surface area (Å²) in [6, 6.07) is 15.4. The normalized spacial score (nSPS) is 11.8. The Kier molecular flexibility index (Phi) is 8.56. The van der Waals surface area contributed by atoms with E-state index >= 15 is 0 Å². The average Bonchev–Trinajstić information content (AvgIpc) is 3.23. The van der Waals surface area contributed by atoms with Gasteiger partial charge in [0.1, 0.15) is 11.5 Å². The van der Waals surface area contributed by atoms with Crippen LogP contribution in [0, 0.1) is 0 Å². The Labute approximate surface area is 193 Å². The third-order valence-corrected chi connectivity index (χ3v) is 6.16. The van der Waals surface area contributed by atoms with Gasteiger partial charge in [0.25, 0.3) is 0 Å². The average molecular weight is 455 g/mol. The van der Waals surface area contributed by atoms with Crippen LogP contribution in [0.25, 0.3) is 11.4 Å². The number of nitrogens with one attached hydrogen (secondary N) is 1. The lowest BCUT2D eigenvalue weighted by Gasteiger charge is -2.14. The van der Waals surface area contributed by atoms with Crippen LogP contribution in [-0.4, -0.2) is 40.1 Å². The molecular formula is C24H30N4O3S. The Morgan fingerprint density at radius 3 is 2.25 bits per heavy atom. The van der Waals surface area contributed by atoms with Crippen LogP contribution < -0.4 is 14.8 Å². The summed E-state index contributed by atoms with van der Waals surface area (Å²) in [5, 5.41) is 12.3. The molecule has 0 fully saturated rings. The highest BCUT2D eigenvalue weighted by Gasteiger charge is 2.20. The number of nitrogens with zero attached hydrogens (tertiary/aromatic N) is 3. The first kappa shape index (κ1) is 23.7. The number of unbranched alkanes of at least 4 members (excludes halogenated alkanes) is 1. The number of amides is 1. The monoisotopic (exact) mass is 454 g/mol. The first-order valence-electron chi connectivity index (χ1n) is 10.7. The van der Waals surface area contributed by atoms with Gasteiger partial charge in [0.2, 0.25) is 5.91 Å². The molecule has 1 aromatic heterocycles. The summed E-state index contributed by atoms with van der Waals surface area (Å²) in [4.78, 5) is 12.7. The molecule has 8 heteroatoms. The minimum absolute atomic E-state index is 0.0399. The molecule has 1 atom stereocenters. The summed E-state index contributed by atoms with van der Waals surface area (Å²) in [5.41, 5.74) is 1.99. The van der Waals surface area contributed by atoms with Crippen LogP contribution in [0.4, 0.5) is 0 Å². The number of carbonyl (C=O) groups excluding carboxylic acids is 1. The van der Waals surface area contributed by atoms with E-state index in [1.807, 2.05) is 55.5 Å². The van der Waals surface area contributed by atoms with Crippen molar-refractivity contribution in [3.05, 3.63) is 54.1 Å². The van der Waals surface area contributed by atoms with E-state index in [9.17, 15) is 4.79 Å². The minimum atomic E-state index is -0.304. The predicted molar refractivity (Wildman–Crippen MR) is 127 cm³/mol. The van der Waals surface area contributed by atoms with Crippen molar-refractivity contribution in [2.75, 3.05) is 14.2 Å². The zero-order valence-corrected chi connectivity index (χ0v) is 19.8. The van der Waals surface area contributed by atoms with Gasteiger partial charge >= 0.3 is 0 Å². The van der Waals surface area contributed by atoms with Crippen LogP contribution in [0.5, 0.6) is 11.5 Å². The van der Waals surface area contributed by atoms with E-state index in [2.05, 4.69) is 27.0 Å². The number of carbonyl (C=O) groups is 1. The molecule has 2 aromatic carbocycles. The van der Waals surface area contributed by atoms with Gasteiger partial charge in [-0.2, -0.15) is 0 Å². The highest BCUT2D eigenvalue weighted by Crippen LogP contribution is 2.28. The zero-order valence-electron chi connectivity index (χ0n) is 19.0. The molecule has 32 heavy (non-hydrogen) atoms. The SMILES string of the molecule is CCCCn1c(S[C@@H](C)C(=O)NCc2ccc(OC)cc2)nnc1-c1ccc(OC)cc1. The highest BCUT2D eigenvalue weighted by molar-refractivity contribution is 8.00. The summed E-state index contributed by atoms with van der Waals surface area (Å²) < 4.78 is 12.5. The summed E-state index contributed by atoms with van der Waals surface area (Å²) in [5.74, 6) is 2.35. The maximum atomic E-state index is 12.7. The standard InChI is InChI=1S/C24H30N4O3S/c1-5-6-15-28-22(19-9-13-21(31-4)14-10-19)26-27-24(28)32-17(2)23(29)25-16-18-7-11-20(30-3)12-8-18/h7-14,17H,5-6,15-16H2,1-4H3,(H,25,29)/t17-/m0/s1. The van der Waals surface area contributed by atoms with Crippen LogP contribution in [0.1, 0.15) is 32.3 Å². The molecule has 0 aliphatic carbocycles. The Morgan fingerprint density at radius 2 is 1.66 bits per heavy atom. The molecule has 0 unspecified atom stereocenters. The summed E-state index contributed by atoms with van der Waals surface area (Å²) >= 11 is 1.43. The van der Waals surface area contributed by atoms with E-state index < -0.39 is 0 Å². The molecule has 1 heterocycles. The van der Waals surface area contributed by atoms with Crippen LogP contribution in [0.15, 0.2) is 53.7 Å². The predicted octanol–water partition coefficient (Wildman–Crippen LogP) is 4.56. The third-order valence-electron chi connectivity index (χ3n) is 5.08. The molecule has 3 aromatic rings. The number of hydrogen-bond donors (Lipinski definition) is 1. The van der Waals surface area contributed by atoms with Gasteiger partial charge in [-0.1, -0.05) is 37.2 Å². The van der Waals surface area contributed by atoms with E-state index in [0.717, 1.165) is 53.0 Å². The van der Waals surface area contributed by atoms with Gasteiger partial charge in [-0.15, -0.1) is 10.2 Å². The van der Waals surface area contributed by atoms with Gasteiger partial charge in [-0.25, -0.2) is 0 Å². The fraction of sp³-hybridized carbons (Fsp3) is 0.375. The number of ether oxygens (including phenoxy) is 2. The molecule has 0 radical (unpaired) electrons. The van der Waals surface area contributed by atoms with Gasteiger partial charge in [0, 0.05) is 18.7 Å². The van der Waals surface area contributed by atoms with E-state index in [0.29, 0.717) is 6.54 Å². The van der Waals surface area contributed by atoms with Gasteiger partial charge in [0.05, 0.1) is 19.5 Å². The summed E-state index contributed by atoms with van der Waals surface area (Å²) in [7, 11) is 3.28. The Balaban J connectivity index is 1.68. The van der Waals surface area contributed by atoms with Crippen LogP contribution in [0.3, 0.4) is 0 Å².